The monoisotopic (exact) mass is 302 g/mol. The second-order valence-corrected chi connectivity index (χ2v) is 4.45. The molecule has 0 aliphatic rings. The van der Waals surface area contributed by atoms with Crippen LogP contribution in [0.25, 0.3) is 0 Å². The number of nitrogens with two attached hydrogens (primary N) is 1. The van der Waals surface area contributed by atoms with Crippen LogP contribution in [0.2, 0.25) is 0 Å². The quantitative estimate of drug-likeness (QED) is 0.698. The summed E-state index contributed by atoms with van der Waals surface area (Å²) in [7, 11) is 0. The molecule has 0 aliphatic heterocycles. The second kappa shape index (κ2) is 7.16. The number of primary amides is 1. The topological polar surface area (TPSA) is 97.1 Å². The molecular formula is C15H15FN4O2. The van der Waals surface area contributed by atoms with E-state index in [9.17, 15) is 14.0 Å². The summed E-state index contributed by atoms with van der Waals surface area (Å²) in [5, 5.41) is 5.55. The van der Waals surface area contributed by atoms with E-state index in [1.165, 1.54) is 30.6 Å². The molecular weight excluding hydrogens is 287 g/mol. The molecule has 0 spiro atoms. The Morgan fingerprint density at radius 1 is 1.14 bits per heavy atom. The first kappa shape index (κ1) is 15.4. The third-order valence-corrected chi connectivity index (χ3v) is 2.93. The molecule has 7 heteroatoms. The SMILES string of the molecule is NC(=O)c1cnccc1NCCNC(=O)c1ccccc1F. The van der Waals surface area contributed by atoms with Crippen molar-refractivity contribution in [2.45, 2.75) is 0 Å². The van der Waals surface area contributed by atoms with Crippen LogP contribution in [0.4, 0.5) is 10.1 Å². The molecule has 0 saturated heterocycles. The standard InChI is InChI=1S/C15H15FN4O2/c16-12-4-2-1-3-10(12)15(22)20-8-7-19-13-5-6-18-9-11(13)14(17)21/h1-6,9H,7-8H2,(H2,17,21)(H,18,19)(H,20,22). The maximum Gasteiger partial charge on any atom is 0.254 e. The first-order chi connectivity index (χ1) is 10.6. The van der Waals surface area contributed by atoms with Crippen molar-refractivity contribution in [2.75, 3.05) is 18.4 Å². The Labute approximate surface area is 126 Å². The summed E-state index contributed by atoms with van der Waals surface area (Å²) >= 11 is 0. The lowest BCUT2D eigenvalue weighted by molar-refractivity contribution is 0.0949. The first-order valence-corrected chi connectivity index (χ1v) is 6.60. The van der Waals surface area contributed by atoms with Crippen molar-refractivity contribution in [3.63, 3.8) is 0 Å². The van der Waals surface area contributed by atoms with Crippen molar-refractivity contribution in [3.8, 4) is 0 Å². The van der Waals surface area contributed by atoms with Gasteiger partial charge < -0.3 is 16.4 Å². The third-order valence-electron chi connectivity index (χ3n) is 2.93. The lowest BCUT2D eigenvalue weighted by Gasteiger charge is -2.10. The highest BCUT2D eigenvalue weighted by Gasteiger charge is 2.10. The number of anilines is 1. The molecule has 0 aliphatic carbocycles. The van der Waals surface area contributed by atoms with Gasteiger partial charge in [-0.05, 0) is 18.2 Å². The second-order valence-electron chi connectivity index (χ2n) is 4.45. The van der Waals surface area contributed by atoms with Gasteiger partial charge in [0, 0.05) is 25.5 Å². The maximum atomic E-state index is 13.4. The molecule has 1 aromatic carbocycles. The van der Waals surface area contributed by atoms with Gasteiger partial charge in [0.25, 0.3) is 11.8 Å². The van der Waals surface area contributed by atoms with E-state index >= 15 is 0 Å². The van der Waals surface area contributed by atoms with E-state index in [4.69, 9.17) is 5.73 Å². The molecule has 0 atom stereocenters. The van der Waals surface area contributed by atoms with E-state index in [-0.39, 0.29) is 17.7 Å². The molecule has 4 N–H and O–H groups in total. The van der Waals surface area contributed by atoms with Crippen molar-refractivity contribution < 1.29 is 14.0 Å². The van der Waals surface area contributed by atoms with Gasteiger partial charge in [-0.15, -0.1) is 0 Å². The molecule has 0 radical (unpaired) electrons. The number of pyridine rings is 1. The van der Waals surface area contributed by atoms with E-state index in [1.54, 1.807) is 12.1 Å². The number of hydrogen-bond donors (Lipinski definition) is 3. The maximum absolute atomic E-state index is 13.4. The van der Waals surface area contributed by atoms with Crippen LogP contribution in [-0.4, -0.2) is 29.9 Å². The molecule has 0 bridgehead atoms. The molecule has 1 aromatic heterocycles. The number of nitrogens with one attached hydrogen (secondary N) is 2. The summed E-state index contributed by atoms with van der Waals surface area (Å²) in [4.78, 5) is 26.8. The Morgan fingerprint density at radius 2 is 1.91 bits per heavy atom. The zero-order valence-corrected chi connectivity index (χ0v) is 11.7. The number of halogens is 1. The zero-order chi connectivity index (χ0) is 15.9. The number of aromatic nitrogens is 1. The number of carbonyl (C=O) groups excluding carboxylic acids is 2. The van der Waals surface area contributed by atoms with Crippen LogP contribution in [0.1, 0.15) is 20.7 Å². The molecule has 2 aromatic rings. The highest BCUT2D eigenvalue weighted by atomic mass is 19.1. The van der Waals surface area contributed by atoms with E-state index in [1.807, 2.05) is 0 Å². The Hall–Kier alpha value is -2.96. The van der Waals surface area contributed by atoms with Crippen LogP contribution in [0.5, 0.6) is 0 Å². The fourth-order valence-electron chi connectivity index (χ4n) is 1.86. The molecule has 22 heavy (non-hydrogen) atoms. The van der Waals surface area contributed by atoms with Crippen molar-refractivity contribution >= 4 is 17.5 Å². The Bertz CT molecular complexity index is 691. The van der Waals surface area contributed by atoms with Gasteiger partial charge in [-0.3, -0.25) is 14.6 Å². The van der Waals surface area contributed by atoms with Crippen molar-refractivity contribution in [3.05, 3.63) is 59.7 Å². The number of hydrogen-bond acceptors (Lipinski definition) is 4. The lowest BCUT2D eigenvalue weighted by atomic mass is 10.2. The van der Waals surface area contributed by atoms with Crippen LogP contribution < -0.4 is 16.4 Å². The van der Waals surface area contributed by atoms with Gasteiger partial charge >= 0.3 is 0 Å². The molecule has 114 valence electrons. The molecule has 6 nitrogen and oxygen atoms in total. The highest BCUT2D eigenvalue weighted by molar-refractivity contribution is 5.98. The van der Waals surface area contributed by atoms with Gasteiger partial charge in [0.05, 0.1) is 16.8 Å². The number of benzene rings is 1. The molecule has 2 amide bonds. The average Bonchev–Trinajstić information content (AvgIpc) is 2.52. The van der Waals surface area contributed by atoms with E-state index in [0.717, 1.165) is 0 Å². The first-order valence-electron chi connectivity index (χ1n) is 6.60. The normalized spacial score (nSPS) is 10.0. The van der Waals surface area contributed by atoms with Gasteiger partial charge in [-0.1, -0.05) is 12.1 Å². The molecule has 0 unspecified atom stereocenters. The average molecular weight is 302 g/mol. The van der Waals surface area contributed by atoms with Crippen molar-refractivity contribution in [2.24, 2.45) is 5.73 Å². The Kier molecular flexibility index (Phi) is 5.02. The fourth-order valence-corrected chi connectivity index (χ4v) is 1.86. The van der Waals surface area contributed by atoms with Crippen molar-refractivity contribution in [1.82, 2.24) is 10.3 Å². The number of amides is 2. The molecule has 2 rings (SSSR count). The minimum absolute atomic E-state index is 0.00997. The minimum atomic E-state index is -0.592. The highest BCUT2D eigenvalue weighted by Crippen LogP contribution is 2.11. The smallest absolute Gasteiger partial charge is 0.254 e. The summed E-state index contributed by atoms with van der Waals surface area (Å²) in [6.07, 6.45) is 2.88. The van der Waals surface area contributed by atoms with E-state index in [0.29, 0.717) is 12.2 Å². The van der Waals surface area contributed by atoms with Crippen molar-refractivity contribution in [1.29, 1.82) is 0 Å². The van der Waals surface area contributed by atoms with Gasteiger partial charge in [-0.2, -0.15) is 0 Å². The van der Waals surface area contributed by atoms with Crippen LogP contribution in [0.15, 0.2) is 42.7 Å². The molecule has 0 saturated carbocycles. The predicted octanol–water partition coefficient (Wildman–Crippen LogP) is 1.16. The predicted molar refractivity (Wildman–Crippen MR) is 80.0 cm³/mol. The third kappa shape index (κ3) is 3.78. The van der Waals surface area contributed by atoms with Gasteiger partial charge in [0.1, 0.15) is 5.82 Å². The van der Waals surface area contributed by atoms with E-state index in [2.05, 4.69) is 15.6 Å². The zero-order valence-electron chi connectivity index (χ0n) is 11.7. The van der Waals surface area contributed by atoms with E-state index < -0.39 is 17.6 Å². The van der Waals surface area contributed by atoms with Crippen LogP contribution >= 0.6 is 0 Å². The van der Waals surface area contributed by atoms with Gasteiger partial charge in [0.15, 0.2) is 0 Å². The summed E-state index contributed by atoms with van der Waals surface area (Å²) in [6, 6.07) is 7.35. The van der Waals surface area contributed by atoms with Crippen LogP contribution in [0.3, 0.4) is 0 Å². The lowest BCUT2D eigenvalue weighted by Crippen LogP contribution is -2.29. The Morgan fingerprint density at radius 3 is 2.64 bits per heavy atom. The fraction of sp³-hybridized carbons (Fsp3) is 0.133. The molecule has 1 heterocycles. The van der Waals surface area contributed by atoms with Crippen LogP contribution in [0, 0.1) is 5.82 Å². The Balaban J connectivity index is 1.87. The summed E-state index contributed by atoms with van der Waals surface area (Å²) in [6.45, 7) is 0.609. The summed E-state index contributed by atoms with van der Waals surface area (Å²) in [5.41, 5.74) is 6.02. The number of nitrogens with zero attached hydrogens (tertiary/aromatic N) is 1. The largest absolute Gasteiger partial charge is 0.383 e. The summed E-state index contributed by atoms with van der Waals surface area (Å²) in [5.74, 6) is -1.66. The van der Waals surface area contributed by atoms with Crippen LogP contribution in [-0.2, 0) is 0 Å². The minimum Gasteiger partial charge on any atom is -0.383 e. The summed E-state index contributed by atoms with van der Waals surface area (Å²) < 4.78 is 13.4. The number of carbonyl (C=O) groups is 2. The van der Waals surface area contributed by atoms with Gasteiger partial charge in [0.2, 0.25) is 0 Å². The number of rotatable bonds is 6. The van der Waals surface area contributed by atoms with Gasteiger partial charge in [-0.25, -0.2) is 4.39 Å². The molecule has 0 fully saturated rings.